The molecule has 1 heterocycles. The number of aliphatic hydroxyl groups is 1. The van der Waals surface area contributed by atoms with Gasteiger partial charge in [-0.25, -0.2) is 4.68 Å². The van der Waals surface area contributed by atoms with Crippen LogP contribution in [0.25, 0.3) is 5.69 Å². The Morgan fingerprint density at radius 1 is 1.10 bits per heavy atom. The number of hydrogen-bond acceptors (Lipinski definition) is 3. The fourth-order valence-electron chi connectivity index (χ4n) is 2.93. The molecule has 1 saturated carbocycles. The molecule has 2 N–H and O–H groups in total. The highest BCUT2D eigenvalue weighted by atomic mass is 16.3. The summed E-state index contributed by atoms with van der Waals surface area (Å²) in [5.74, 6) is 0.699. The Bertz CT molecular complexity index is 544. The third kappa shape index (κ3) is 3.93. The number of hydrogen-bond donors (Lipinski definition) is 2. The lowest BCUT2D eigenvalue weighted by Crippen LogP contribution is -2.27. The van der Waals surface area contributed by atoms with Crippen LogP contribution in [0.5, 0.6) is 0 Å². The molecule has 1 aliphatic rings. The van der Waals surface area contributed by atoms with Crippen molar-refractivity contribution in [2.45, 2.75) is 38.3 Å². The lowest BCUT2D eigenvalue weighted by molar-refractivity contribution is 0.108. The van der Waals surface area contributed by atoms with Crippen molar-refractivity contribution in [3.8, 4) is 5.69 Å². The van der Waals surface area contributed by atoms with Crippen LogP contribution in [0.2, 0.25) is 0 Å². The number of rotatable bonds is 5. The maximum atomic E-state index is 9.51. The van der Waals surface area contributed by atoms with Gasteiger partial charge in [-0.3, -0.25) is 0 Å². The molecular weight excluding hydrogens is 262 g/mol. The fraction of sp³-hybridized carbons (Fsp3) is 0.471. The van der Waals surface area contributed by atoms with Crippen LogP contribution in [0.4, 0.5) is 0 Å². The molecule has 0 radical (unpaired) electrons. The maximum absolute atomic E-state index is 9.51. The van der Waals surface area contributed by atoms with Crippen molar-refractivity contribution in [1.29, 1.82) is 0 Å². The summed E-state index contributed by atoms with van der Waals surface area (Å²) in [7, 11) is 0. The summed E-state index contributed by atoms with van der Waals surface area (Å²) < 4.78 is 1.91. The van der Waals surface area contributed by atoms with E-state index in [-0.39, 0.29) is 6.10 Å². The Balaban J connectivity index is 1.47. The molecule has 2 aromatic rings. The Morgan fingerprint density at radius 2 is 1.86 bits per heavy atom. The summed E-state index contributed by atoms with van der Waals surface area (Å²) in [4.78, 5) is 0. The predicted octanol–water partition coefficient (Wildman–Crippen LogP) is 2.51. The van der Waals surface area contributed by atoms with E-state index >= 15 is 0 Å². The van der Waals surface area contributed by atoms with Crippen molar-refractivity contribution in [3.63, 3.8) is 0 Å². The van der Waals surface area contributed by atoms with E-state index in [0.717, 1.165) is 50.2 Å². The SMILES string of the molecule is OC1CCC(CNCc2ccn(-c3ccccc3)n2)CC1. The topological polar surface area (TPSA) is 50.1 Å². The molecule has 0 aliphatic heterocycles. The highest BCUT2D eigenvalue weighted by Gasteiger charge is 2.18. The van der Waals surface area contributed by atoms with Crippen LogP contribution in [0.15, 0.2) is 42.6 Å². The van der Waals surface area contributed by atoms with Gasteiger partial charge in [0.1, 0.15) is 0 Å². The van der Waals surface area contributed by atoms with Crippen LogP contribution in [0.1, 0.15) is 31.4 Å². The summed E-state index contributed by atoms with van der Waals surface area (Å²) in [5.41, 5.74) is 2.15. The third-order valence-corrected chi connectivity index (χ3v) is 4.22. The Hall–Kier alpha value is -1.65. The second-order valence-electron chi connectivity index (χ2n) is 5.89. The zero-order chi connectivity index (χ0) is 14.5. The minimum atomic E-state index is -0.0668. The zero-order valence-electron chi connectivity index (χ0n) is 12.3. The number of nitrogens with zero attached hydrogens (tertiary/aromatic N) is 2. The van der Waals surface area contributed by atoms with E-state index in [1.54, 1.807) is 0 Å². The molecule has 21 heavy (non-hydrogen) atoms. The average Bonchev–Trinajstić information content (AvgIpc) is 2.99. The summed E-state index contributed by atoms with van der Waals surface area (Å²) in [6, 6.07) is 12.2. The molecule has 0 unspecified atom stereocenters. The van der Waals surface area contributed by atoms with Gasteiger partial charge in [0.25, 0.3) is 0 Å². The van der Waals surface area contributed by atoms with Crippen LogP contribution in [-0.4, -0.2) is 27.5 Å². The third-order valence-electron chi connectivity index (χ3n) is 4.22. The molecule has 0 spiro atoms. The second-order valence-corrected chi connectivity index (χ2v) is 5.89. The van der Waals surface area contributed by atoms with Gasteiger partial charge in [0.2, 0.25) is 0 Å². The number of para-hydroxylation sites is 1. The van der Waals surface area contributed by atoms with Gasteiger partial charge in [0.05, 0.1) is 17.5 Å². The molecule has 0 bridgehead atoms. The van der Waals surface area contributed by atoms with Gasteiger partial charge in [-0.2, -0.15) is 5.10 Å². The molecule has 4 heteroatoms. The van der Waals surface area contributed by atoms with E-state index in [9.17, 15) is 5.11 Å². The second kappa shape index (κ2) is 6.87. The Labute approximate surface area is 125 Å². The van der Waals surface area contributed by atoms with Crippen LogP contribution >= 0.6 is 0 Å². The van der Waals surface area contributed by atoms with Crippen molar-refractivity contribution in [2.75, 3.05) is 6.54 Å². The molecular formula is C17H23N3O. The highest BCUT2D eigenvalue weighted by molar-refractivity contribution is 5.30. The van der Waals surface area contributed by atoms with Crippen LogP contribution in [0, 0.1) is 5.92 Å². The first-order valence-corrected chi connectivity index (χ1v) is 7.80. The minimum Gasteiger partial charge on any atom is -0.393 e. The maximum Gasteiger partial charge on any atom is 0.0766 e. The van der Waals surface area contributed by atoms with E-state index < -0.39 is 0 Å². The van der Waals surface area contributed by atoms with E-state index in [2.05, 4.69) is 28.6 Å². The van der Waals surface area contributed by atoms with Crippen molar-refractivity contribution in [1.82, 2.24) is 15.1 Å². The summed E-state index contributed by atoms with van der Waals surface area (Å²) >= 11 is 0. The van der Waals surface area contributed by atoms with Crippen molar-refractivity contribution in [2.24, 2.45) is 5.92 Å². The van der Waals surface area contributed by atoms with Crippen LogP contribution in [0.3, 0.4) is 0 Å². The molecule has 1 aromatic carbocycles. The smallest absolute Gasteiger partial charge is 0.0766 e. The van der Waals surface area contributed by atoms with E-state index in [1.807, 2.05) is 29.1 Å². The normalized spacial score (nSPS) is 22.3. The lowest BCUT2D eigenvalue weighted by atomic mass is 9.87. The standard InChI is InChI=1S/C17H23N3O/c21-17-8-6-14(7-9-17)12-18-13-15-10-11-20(19-15)16-4-2-1-3-5-16/h1-5,10-11,14,17-18,21H,6-9,12-13H2. The highest BCUT2D eigenvalue weighted by Crippen LogP contribution is 2.23. The monoisotopic (exact) mass is 285 g/mol. The largest absolute Gasteiger partial charge is 0.393 e. The molecule has 112 valence electrons. The van der Waals surface area contributed by atoms with Gasteiger partial charge in [-0.05, 0) is 56.3 Å². The summed E-state index contributed by atoms with van der Waals surface area (Å²) in [5, 5.41) is 17.6. The van der Waals surface area contributed by atoms with Gasteiger partial charge in [0, 0.05) is 12.7 Å². The summed E-state index contributed by atoms with van der Waals surface area (Å²) in [6.45, 7) is 1.82. The summed E-state index contributed by atoms with van der Waals surface area (Å²) in [6.07, 6.45) is 6.11. The first-order chi connectivity index (χ1) is 10.3. The molecule has 1 aliphatic carbocycles. The van der Waals surface area contributed by atoms with Crippen LogP contribution < -0.4 is 5.32 Å². The minimum absolute atomic E-state index is 0.0668. The van der Waals surface area contributed by atoms with Gasteiger partial charge in [0.15, 0.2) is 0 Å². The number of aliphatic hydroxyl groups excluding tert-OH is 1. The van der Waals surface area contributed by atoms with Crippen molar-refractivity contribution >= 4 is 0 Å². The predicted molar refractivity (Wildman–Crippen MR) is 83.2 cm³/mol. The van der Waals surface area contributed by atoms with Gasteiger partial charge < -0.3 is 10.4 Å². The Kier molecular flexibility index (Phi) is 4.68. The lowest BCUT2D eigenvalue weighted by Gasteiger charge is -2.25. The van der Waals surface area contributed by atoms with E-state index in [0.29, 0.717) is 5.92 Å². The van der Waals surface area contributed by atoms with Crippen molar-refractivity contribution in [3.05, 3.63) is 48.3 Å². The average molecular weight is 285 g/mol. The van der Waals surface area contributed by atoms with Gasteiger partial charge in [-0.1, -0.05) is 18.2 Å². The molecule has 0 amide bonds. The molecule has 0 atom stereocenters. The number of benzene rings is 1. The van der Waals surface area contributed by atoms with E-state index in [4.69, 9.17) is 0 Å². The number of aromatic nitrogens is 2. The molecule has 4 nitrogen and oxygen atoms in total. The molecule has 3 rings (SSSR count). The van der Waals surface area contributed by atoms with Crippen LogP contribution in [-0.2, 0) is 6.54 Å². The Morgan fingerprint density at radius 3 is 2.62 bits per heavy atom. The first-order valence-electron chi connectivity index (χ1n) is 7.80. The number of nitrogens with one attached hydrogen (secondary N) is 1. The molecule has 0 saturated heterocycles. The zero-order valence-corrected chi connectivity index (χ0v) is 12.3. The van der Waals surface area contributed by atoms with E-state index in [1.165, 1.54) is 0 Å². The molecule has 1 aromatic heterocycles. The quantitative estimate of drug-likeness (QED) is 0.887. The fourth-order valence-corrected chi connectivity index (χ4v) is 2.93. The van der Waals surface area contributed by atoms with Gasteiger partial charge >= 0.3 is 0 Å². The first kappa shape index (κ1) is 14.3. The molecule has 1 fully saturated rings. The van der Waals surface area contributed by atoms with Gasteiger partial charge in [-0.15, -0.1) is 0 Å². The van der Waals surface area contributed by atoms with Crippen molar-refractivity contribution < 1.29 is 5.11 Å².